The minimum atomic E-state index is -0.0186. The lowest BCUT2D eigenvalue weighted by Crippen LogP contribution is -2.17. The summed E-state index contributed by atoms with van der Waals surface area (Å²) in [6.07, 6.45) is 9.87. The molecule has 2 heteroatoms. The smallest absolute Gasteiger partial charge is 0.0542 e. The molecule has 0 radical (unpaired) electrons. The molecule has 1 heterocycles. The average Bonchev–Trinajstić information content (AvgIpc) is 2.26. The lowest BCUT2D eigenvalue weighted by molar-refractivity contribution is 0.127. The van der Waals surface area contributed by atoms with E-state index in [1.165, 1.54) is 50.0 Å². The van der Waals surface area contributed by atoms with Gasteiger partial charge < -0.3 is 5.11 Å². The number of rotatable bonds is 7. The van der Waals surface area contributed by atoms with Gasteiger partial charge >= 0.3 is 0 Å². The number of thioether (sulfide) groups is 1. The van der Waals surface area contributed by atoms with E-state index >= 15 is 0 Å². The van der Waals surface area contributed by atoms with Gasteiger partial charge in [-0.3, -0.25) is 0 Å². The number of aliphatic hydroxyl groups excluding tert-OH is 1. The molecule has 0 aromatic heterocycles. The lowest BCUT2D eigenvalue weighted by Gasteiger charge is -2.23. The number of hydrogen-bond acceptors (Lipinski definition) is 2. The second kappa shape index (κ2) is 8.46. The van der Waals surface area contributed by atoms with Gasteiger partial charge in [-0.2, -0.15) is 11.8 Å². The number of unbranched alkanes of at least 4 members (excludes halogenated alkanes) is 3. The molecular weight excluding hydrogens is 204 g/mol. The Kier molecular flexibility index (Phi) is 7.54. The van der Waals surface area contributed by atoms with Gasteiger partial charge in [-0.05, 0) is 43.1 Å². The summed E-state index contributed by atoms with van der Waals surface area (Å²) in [5.41, 5.74) is 0. The van der Waals surface area contributed by atoms with Crippen molar-refractivity contribution in [1.29, 1.82) is 0 Å². The molecule has 1 atom stereocenters. The third-order valence-electron chi connectivity index (χ3n) is 3.34. The second-order valence-corrected chi connectivity index (χ2v) is 6.02. The van der Waals surface area contributed by atoms with Crippen LogP contribution >= 0.6 is 11.8 Å². The molecule has 0 saturated carbocycles. The molecule has 0 bridgehead atoms. The predicted molar refractivity (Wildman–Crippen MR) is 69.4 cm³/mol. The zero-order chi connectivity index (χ0) is 10.9. The van der Waals surface area contributed by atoms with Gasteiger partial charge in [0.25, 0.3) is 0 Å². The topological polar surface area (TPSA) is 20.2 Å². The summed E-state index contributed by atoms with van der Waals surface area (Å²) in [6.45, 7) is 2.23. The van der Waals surface area contributed by atoms with Gasteiger partial charge in [0, 0.05) is 0 Å². The Balaban J connectivity index is 1.98. The Hall–Kier alpha value is 0.310. The molecule has 1 rings (SSSR count). The highest BCUT2D eigenvalue weighted by molar-refractivity contribution is 7.99. The SMILES string of the molecule is CCCCCCC(O)CC1CCSCC1. The molecule has 0 spiro atoms. The van der Waals surface area contributed by atoms with Crippen molar-refractivity contribution in [3.05, 3.63) is 0 Å². The maximum Gasteiger partial charge on any atom is 0.0542 e. The predicted octanol–water partition coefficient (Wildman–Crippen LogP) is 3.85. The van der Waals surface area contributed by atoms with Crippen molar-refractivity contribution in [2.45, 2.75) is 64.4 Å². The van der Waals surface area contributed by atoms with E-state index in [0.717, 1.165) is 18.8 Å². The highest BCUT2D eigenvalue weighted by atomic mass is 32.2. The fourth-order valence-corrected chi connectivity index (χ4v) is 3.50. The monoisotopic (exact) mass is 230 g/mol. The summed E-state index contributed by atoms with van der Waals surface area (Å²) in [5.74, 6) is 3.44. The van der Waals surface area contributed by atoms with Crippen molar-refractivity contribution in [1.82, 2.24) is 0 Å². The molecule has 15 heavy (non-hydrogen) atoms. The Morgan fingerprint density at radius 3 is 2.60 bits per heavy atom. The Morgan fingerprint density at radius 1 is 1.20 bits per heavy atom. The van der Waals surface area contributed by atoms with Gasteiger partial charge in [0.05, 0.1) is 6.10 Å². The van der Waals surface area contributed by atoms with Gasteiger partial charge in [-0.25, -0.2) is 0 Å². The van der Waals surface area contributed by atoms with Crippen LogP contribution in [0.3, 0.4) is 0 Å². The fraction of sp³-hybridized carbons (Fsp3) is 1.00. The van der Waals surface area contributed by atoms with Crippen LogP contribution in [0.15, 0.2) is 0 Å². The lowest BCUT2D eigenvalue weighted by atomic mass is 9.93. The van der Waals surface area contributed by atoms with E-state index in [9.17, 15) is 5.11 Å². The van der Waals surface area contributed by atoms with Gasteiger partial charge in [0.15, 0.2) is 0 Å². The van der Waals surface area contributed by atoms with Gasteiger partial charge in [0.1, 0.15) is 0 Å². The average molecular weight is 230 g/mol. The summed E-state index contributed by atoms with van der Waals surface area (Å²) in [4.78, 5) is 0. The fourth-order valence-electron chi connectivity index (χ4n) is 2.29. The summed E-state index contributed by atoms with van der Waals surface area (Å²) < 4.78 is 0. The van der Waals surface area contributed by atoms with Crippen LogP contribution in [0.5, 0.6) is 0 Å². The van der Waals surface area contributed by atoms with Crippen molar-refractivity contribution in [3.8, 4) is 0 Å². The summed E-state index contributed by atoms with van der Waals surface area (Å²) >= 11 is 2.07. The first-order valence-corrected chi connectivity index (χ1v) is 7.74. The quantitative estimate of drug-likeness (QED) is 0.670. The highest BCUT2D eigenvalue weighted by Gasteiger charge is 2.17. The molecule has 90 valence electrons. The van der Waals surface area contributed by atoms with Crippen molar-refractivity contribution < 1.29 is 5.11 Å². The molecule has 1 aliphatic heterocycles. The van der Waals surface area contributed by atoms with Crippen molar-refractivity contribution in [2.24, 2.45) is 5.92 Å². The van der Waals surface area contributed by atoms with Crippen LogP contribution in [0.1, 0.15) is 58.3 Å². The van der Waals surface area contributed by atoms with Gasteiger partial charge in [0.2, 0.25) is 0 Å². The molecule has 0 aromatic rings. The molecule has 1 aliphatic rings. The maximum absolute atomic E-state index is 9.89. The van der Waals surface area contributed by atoms with E-state index in [1.54, 1.807) is 0 Å². The van der Waals surface area contributed by atoms with Crippen LogP contribution in [-0.2, 0) is 0 Å². The van der Waals surface area contributed by atoms with Crippen LogP contribution in [0, 0.1) is 5.92 Å². The van der Waals surface area contributed by atoms with Crippen LogP contribution < -0.4 is 0 Å². The zero-order valence-electron chi connectivity index (χ0n) is 10.1. The number of aliphatic hydroxyl groups is 1. The molecular formula is C13H26OS. The highest BCUT2D eigenvalue weighted by Crippen LogP contribution is 2.27. The molecule has 1 unspecified atom stereocenters. The first-order chi connectivity index (χ1) is 7.33. The number of hydrogen-bond donors (Lipinski definition) is 1. The summed E-state index contributed by atoms with van der Waals surface area (Å²) in [7, 11) is 0. The van der Waals surface area contributed by atoms with Crippen molar-refractivity contribution >= 4 is 11.8 Å². The largest absolute Gasteiger partial charge is 0.393 e. The maximum atomic E-state index is 9.89. The van der Waals surface area contributed by atoms with E-state index in [4.69, 9.17) is 0 Å². The van der Waals surface area contributed by atoms with Crippen LogP contribution in [-0.4, -0.2) is 22.7 Å². The Morgan fingerprint density at radius 2 is 1.93 bits per heavy atom. The third-order valence-corrected chi connectivity index (χ3v) is 4.39. The molecule has 0 aromatic carbocycles. The minimum absolute atomic E-state index is 0.0186. The molecule has 0 amide bonds. The van der Waals surface area contributed by atoms with E-state index < -0.39 is 0 Å². The third kappa shape index (κ3) is 6.47. The first kappa shape index (κ1) is 13.4. The van der Waals surface area contributed by atoms with Gasteiger partial charge in [-0.1, -0.05) is 32.6 Å². The Labute approximate surface area is 99.0 Å². The second-order valence-electron chi connectivity index (χ2n) is 4.79. The van der Waals surface area contributed by atoms with Crippen LogP contribution in [0.4, 0.5) is 0 Å². The van der Waals surface area contributed by atoms with Gasteiger partial charge in [-0.15, -0.1) is 0 Å². The van der Waals surface area contributed by atoms with Crippen LogP contribution in [0.25, 0.3) is 0 Å². The first-order valence-electron chi connectivity index (χ1n) is 6.58. The van der Waals surface area contributed by atoms with E-state index in [1.807, 2.05) is 0 Å². The van der Waals surface area contributed by atoms with E-state index in [-0.39, 0.29) is 6.10 Å². The molecule has 1 fully saturated rings. The molecule has 1 saturated heterocycles. The van der Waals surface area contributed by atoms with E-state index in [2.05, 4.69) is 18.7 Å². The van der Waals surface area contributed by atoms with Crippen molar-refractivity contribution in [3.63, 3.8) is 0 Å². The molecule has 1 N–H and O–H groups in total. The summed E-state index contributed by atoms with van der Waals surface area (Å²) in [6, 6.07) is 0. The standard InChI is InChI=1S/C13H26OS/c1-2-3-4-5-6-13(14)11-12-7-9-15-10-8-12/h12-14H,2-11H2,1H3. The molecule has 0 aliphatic carbocycles. The van der Waals surface area contributed by atoms with Crippen molar-refractivity contribution in [2.75, 3.05) is 11.5 Å². The minimum Gasteiger partial charge on any atom is -0.393 e. The van der Waals surface area contributed by atoms with E-state index in [0.29, 0.717) is 0 Å². The Bertz CT molecular complexity index is 143. The normalized spacial score (nSPS) is 20.4. The zero-order valence-corrected chi connectivity index (χ0v) is 10.9. The van der Waals surface area contributed by atoms with Crippen LogP contribution in [0.2, 0.25) is 0 Å². The summed E-state index contributed by atoms with van der Waals surface area (Å²) in [5, 5.41) is 9.89. The molecule has 1 nitrogen and oxygen atoms in total.